The van der Waals surface area contributed by atoms with Gasteiger partial charge < -0.3 is 9.47 Å². The van der Waals surface area contributed by atoms with E-state index >= 15 is 0 Å². The van der Waals surface area contributed by atoms with Crippen molar-refractivity contribution in [2.75, 3.05) is 19.8 Å². The predicted molar refractivity (Wildman–Crippen MR) is 48.8 cm³/mol. The van der Waals surface area contributed by atoms with E-state index in [1.54, 1.807) is 0 Å². The average molecular weight is 197 g/mol. The molecule has 3 aliphatic rings. The normalized spacial score (nSPS) is 48.9. The summed E-state index contributed by atoms with van der Waals surface area (Å²) in [5, 5.41) is 0. The van der Waals surface area contributed by atoms with Crippen LogP contribution >= 0.6 is 0 Å². The smallest absolute Gasteiger partial charge is 0.328 e. The summed E-state index contributed by atoms with van der Waals surface area (Å²) >= 11 is 0. The first-order valence-electron chi connectivity index (χ1n) is 5.13. The zero-order valence-electron chi connectivity index (χ0n) is 8.58. The molecule has 3 atom stereocenters. The third-order valence-corrected chi connectivity index (χ3v) is 3.69. The van der Waals surface area contributed by atoms with Crippen molar-refractivity contribution in [3.05, 3.63) is 0 Å². The minimum atomic E-state index is -0.319. The van der Waals surface area contributed by atoms with Crippen molar-refractivity contribution >= 4 is 5.97 Å². The zero-order chi connectivity index (χ0) is 9.97. The molecule has 3 saturated heterocycles. The maximum absolute atomic E-state index is 11.8. The molecule has 4 nitrogen and oxygen atoms in total. The quantitative estimate of drug-likeness (QED) is 0.410. The number of nitrogens with zero attached hydrogens (tertiary/aromatic N) is 1. The standard InChI is InChI=1S/C10H15NO3/c1-9(2)6-14-8(12)10-3-4-13-5-7(10)11(9)10/h7H,3-6H2,1-2H3/t7-,10+,11?/m1/s1. The predicted octanol–water partition coefficient (Wildman–Crippen LogP) is 0.165. The molecule has 14 heavy (non-hydrogen) atoms. The Hall–Kier alpha value is -0.610. The maximum Gasteiger partial charge on any atom is 0.328 e. The van der Waals surface area contributed by atoms with Crippen LogP contribution in [0.3, 0.4) is 0 Å². The van der Waals surface area contributed by atoms with Gasteiger partial charge in [-0.25, -0.2) is 4.79 Å². The van der Waals surface area contributed by atoms with Crippen molar-refractivity contribution in [2.45, 2.75) is 37.4 Å². The van der Waals surface area contributed by atoms with Crippen molar-refractivity contribution in [3.63, 3.8) is 0 Å². The number of hydrogen-bond acceptors (Lipinski definition) is 4. The molecule has 0 amide bonds. The summed E-state index contributed by atoms with van der Waals surface area (Å²) in [6.07, 6.45) is 0.792. The van der Waals surface area contributed by atoms with Crippen LogP contribution in [0.4, 0.5) is 0 Å². The van der Waals surface area contributed by atoms with Gasteiger partial charge in [0.15, 0.2) is 0 Å². The van der Waals surface area contributed by atoms with Gasteiger partial charge in [0.1, 0.15) is 12.1 Å². The second-order valence-corrected chi connectivity index (χ2v) is 5.02. The zero-order valence-corrected chi connectivity index (χ0v) is 8.58. The Kier molecular flexibility index (Phi) is 1.43. The third-order valence-electron chi connectivity index (χ3n) is 3.69. The average Bonchev–Trinajstić information content (AvgIpc) is 2.84. The Balaban J connectivity index is 1.98. The summed E-state index contributed by atoms with van der Waals surface area (Å²) < 4.78 is 10.7. The SMILES string of the molecule is CC1(C)COC(=O)[C@]23CCOC[C@H]2N13. The maximum atomic E-state index is 11.8. The van der Waals surface area contributed by atoms with Gasteiger partial charge in [-0.1, -0.05) is 0 Å². The number of ether oxygens (including phenoxy) is 2. The largest absolute Gasteiger partial charge is 0.462 e. The van der Waals surface area contributed by atoms with Gasteiger partial charge in [0, 0.05) is 13.0 Å². The summed E-state index contributed by atoms with van der Waals surface area (Å²) in [5.74, 6) is -0.0369. The highest BCUT2D eigenvalue weighted by Crippen LogP contribution is 2.54. The number of rotatable bonds is 0. The van der Waals surface area contributed by atoms with Gasteiger partial charge in [0.05, 0.1) is 18.2 Å². The number of carbonyl (C=O) groups excluding carboxylic acids is 1. The van der Waals surface area contributed by atoms with E-state index < -0.39 is 0 Å². The van der Waals surface area contributed by atoms with Crippen LogP contribution in [0.25, 0.3) is 0 Å². The number of esters is 1. The minimum absolute atomic E-state index is 0.0216. The molecule has 0 N–H and O–H groups in total. The molecule has 3 heterocycles. The van der Waals surface area contributed by atoms with Crippen molar-refractivity contribution in [1.29, 1.82) is 0 Å². The van der Waals surface area contributed by atoms with E-state index in [2.05, 4.69) is 18.7 Å². The fraction of sp³-hybridized carbons (Fsp3) is 0.900. The molecule has 4 heteroatoms. The highest BCUT2D eigenvalue weighted by molar-refractivity contribution is 5.87. The fourth-order valence-corrected chi connectivity index (χ4v) is 3.05. The van der Waals surface area contributed by atoms with Gasteiger partial charge in [0.2, 0.25) is 0 Å². The second-order valence-electron chi connectivity index (χ2n) is 5.02. The summed E-state index contributed by atoms with van der Waals surface area (Å²) in [7, 11) is 0. The van der Waals surface area contributed by atoms with Gasteiger partial charge in [-0.3, -0.25) is 4.90 Å². The number of hydrogen-bond donors (Lipinski definition) is 0. The van der Waals surface area contributed by atoms with E-state index in [0.29, 0.717) is 19.8 Å². The van der Waals surface area contributed by atoms with Crippen LogP contribution in [0.15, 0.2) is 0 Å². The molecule has 3 fully saturated rings. The van der Waals surface area contributed by atoms with E-state index in [0.717, 1.165) is 6.42 Å². The third kappa shape index (κ3) is 0.792. The molecule has 0 aromatic carbocycles. The van der Waals surface area contributed by atoms with E-state index in [4.69, 9.17) is 9.47 Å². The first-order chi connectivity index (χ1) is 6.59. The molecule has 0 saturated carbocycles. The van der Waals surface area contributed by atoms with Crippen molar-refractivity contribution in [3.8, 4) is 0 Å². The Bertz CT molecular complexity index is 302. The van der Waals surface area contributed by atoms with Crippen LogP contribution in [0.5, 0.6) is 0 Å². The molecule has 78 valence electrons. The fourth-order valence-electron chi connectivity index (χ4n) is 3.05. The van der Waals surface area contributed by atoms with E-state index in [1.807, 2.05) is 0 Å². The van der Waals surface area contributed by atoms with Crippen molar-refractivity contribution in [1.82, 2.24) is 4.90 Å². The molecule has 1 unspecified atom stereocenters. The lowest BCUT2D eigenvalue weighted by atomic mass is 9.97. The summed E-state index contributed by atoms with van der Waals surface area (Å²) in [6.45, 7) is 6.11. The lowest BCUT2D eigenvalue weighted by Crippen LogP contribution is -2.50. The molecule has 0 aromatic heterocycles. The summed E-state index contributed by atoms with van der Waals surface area (Å²) in [6, 6.07) is 0.265. The van der Waals surface area contributed by atoms with E-state index in [-0.39, 0.29) is 23.1 Å². The van der Waals surface area contributed by atoms with Crippen LogP contribution in [-0.2, 0) is 14.3 Å². The molecule has 3 aliphatic heterocycles. The van der Waals surface area contributed by atoms with Crippen LogP contribution < -0.4 is 0 Å². The van der Waals surface area contributed by atoms with Gasteiger partial charge in [-0.15, -0.1) is 0 Å². The van der Waals surface area contributed by atoms with Crippen LogP contribution in [0.2, 0.25) is 0 Å². The lowest BCUT2D eigenvalue weighted by Gasteiger charge is -2.34. The molecule has 0 radical (unpaired) electrons. The topological polar surface area (TPSA) is 38.5 Å². The van der Waals surface area contributed by atoms with Gasteiger partial charge in [-0.05, 0) is 13.8 Å². The van der Waals surface area contributed by atoms with E-state index in [1.165, 1.54) is 0 Å². The summed E-state index contributed by atoms with van der Waals surface area (Å²) in [5.41, 5.74) is -0.341. The van der Waals surface area contributed by atoms with Gasteiger partial charge in [0.25, 0.3) is 0 Å². The Morgan fingerprint density at radius 2 is 2.29 bits per heavy atom. The van der Waals surface area contributed by atoms with E-state index in [9.17, 15) is 4.79 Å². The first kappa shape index (κ1) is 8.68. The number of morpholine rings is 1. The van der Waals surface area contributed by atoms with Crippen LogP contribution in [-0.4, -0.2) is 47.8 Å². The molecular weight excluding hydrogens is 182 g/mol. The highest BCUT2D eigenvalue weighted by Gasteiger charge is 2.75. The second kappa shape index (κ2) is 2.31. The minimum Gasteiger partial charge on any atom is -0.462 e. The van der Waals surface area contributed by atoms with Crippen LogP contribution in [0.1, 0.15) is 20.3 Å². The molecular formula is C10H15NO3. The Morgan fingerprint density at radius 3 is 3.07 bits per heavy atom. The molecule has 3 rings (SSSR count). The Labute approximate surface area is 83.2 Å². The molecule has 0 aliphatic carbocycles. The summed E-state index contributed by atoms with van der Waals surface area (Å²) in [4.78, 5) is 14.0. The number of fused-ring (bicyclic) bond motifs is 1. The van der Waals surface area contributed by atoms with Crippen molar-refractivity contribution in [2.24, 2.45) is 0 Å². The highest BCUT2D eigenvalue weighted by atomic mass is 16.5. The van der Waals surface area contributed by atoms with Gasteiger partial charge >= 0.3 is 5.97 Å². The molecule has 0 aromatic rings. The lowest BCUT2D eigenvalue weighted by molar-refractivity contribution is -0.159. The van der Waals surface area contributed by atoms with Gasteiger partial charge in [-0.2, -0.15) is 0 Å². The molecule has 0 bridgehead atoms. The number of cyclic esters (lactones) is 1. The molecule has 1 spiro atoms. The first-order valence-corrected chi connectivity index (χ1v) is 5.13. The Morgan fingerprint density at radius 1 is 1.50 bits per heavy atom. The van der Waals surface area contributed by atoms with Crippen LogP contribution in [0, 0.1) is 0 Å². The number of carbonyl (C=O) groups is 1. The monoisotopic (exact) mass is 197 g/mol. The van der Waals surface area contributed by atoms with Crippen molar-refractivity contribution < 1.29 is 14.3 Å².